The van der Waals surface area contributed by atoms with Crippen LogP contribution in [0.5, 0.6) is 11.5 Å². The molecule has 0 aromatic heterocycles. The Balaban J connectivity index is 2.16. The van der Waals surface area contributed by atoms with Gasteiger partial charge in [0.2, 0.25) is 0 Å². The first-order chi connectivity index (χ1) is 10.7. The number of hydrogen-bond donors (Lipinski definition) is 1. The fraction of sp³-hybridized carbons (Fsp3) is 0.333. The third kappa shape index (κ3) is 4.24. The van der Waals surface area contributed by atoms with Gasteiger partial charge in [-0.2, -0.15) is 0 Å². The number of hydrogen-bond acceptors (Lipinski definition) is 3. The van der Waals surface area contributed by atoms with Gasteiger partial charge in [-0.1, -0.05) is 46.3 Å². The first kappa shape index (κ1) is 16.8. The summed E-state index contributed by atoms with van der Waals surface area (Å²) < 4.78 is 12.2. The summed E-state index contributed by atoms with van der Waals surface area (Å²) in [5, 5.41) is 3.54. The van der Waals surface area contributed by atoms with Gasteiger partial charge in [0.05, 0.1) is 13.7 Å². The molecule has 0 heterocycles. The maximum absolute atomic E-state index is 5.77. The van der Waals surface area contributed by atoms with E-state index in [1.165, 1.54) is 5.56 Å². The van der Waals surface area contributed by atoms with E-state index < -0.39 is 0 Å². The predicted octanol–water partition coefficient (Wildman–Crippen LogP) is 4.71. The van der Waals surface area contributed by atoms with Crippen molar-refractivity contribution >= 4 is 15.9 Å². The summed E-state index contributed by atoms with van der Waals surface area (Å²) in [6.45, 7) is 5.45. The Kier molecular flexibility index (Phi) is 6.28. The molecule has 0 aliphatic carbocycles. The molecule has 1 atom stereocenters. The molecule has 2 rings (SSSR count). The van der Waals surface area contributed by atoms with Crippen LogP contribution in [0, 0.1) is 0 Å². The van der Waals surface area contributed by atoms with Crippen LogP contribution in [0.25, 0.3) is 0 Å². The lowest BCUT2D eigenvalue weighted by Crippen LogP contribution is -2.18. The van der Waals surface area contributed by atoms with Crippen LogP contribution in [0.1, 0.15) is 31.0 Å². The van der Waals surface area contributed by atoms with Gasteiger partial charge in [-0.3, -0.25) is 0 Å². The van der Waals surface area contributed by atoms with Crippen molar-refractivity contribution in [2.24, 2.45) is 0 Å². The van der Waals surface area contributed by atoms with Crippen LogP contribution in [0.4, 0.5) is 0 Å². The van der Waals surface area contributed by atoms with Gasteiger partial charge in [0.15, 0.2) is 11.5 Å². The summed E-state index contributed by atoms with van der Waals surface area (Å²) in [7, 11) is 1.66. The molecule has 3 nitrogen and oxygen atoms in total. The Morgan fingerprint density at radius 2 is 1.91 bits per heavy atom. The summed E-state index contributed by atoms with van der Waals surface area (Å²) in [6.07, 6.45) is 0. The zero-order valence-corrected chi connectivity index (χ0v) is 14.8. The molecule has 0 aliphatic heterocycles. The number of ether oxygens (including phenoxy) is 2. The van der Waals surface area contributed by atoms with E-state index in [2.05, 4.69) is 58.5 Å². The minimum atomic E-state index is 0.264. The van der Waals surface area contributed by atoms with Crippen LogP contribution in [0.3, 0.4) is 0 Å². The van der Waals surface area contributed by atoms with Crippen molar-refractivity contribution < 1.29 is 9.47 Å². The highest BCUT2D eigenvalue weighted by Crippen LogP contribution is 2.35. The fourth-order valence-electron chi connectivity index (χ4n) is 2.34. The fourth-order valence-corrected chi connectivity index (χ4v) is 2.82. The largest absolute Gasteiger partial charge is 0.493 e. The first-order valence-corrected chi connectivity index (χ1v) is 8.22. The molecule has 2 aromatic carbocycles. The van der Waals surface area contributed by atoms with Crippen molar-refractivity contribution in [2.45, 2.75) is 26.4 Å². The molecule has 0 fully saturated rings. The molecule has 0 saturated heterocycles. The number of benzene rings is 2. The quantitative estimate of drug-likeness (QED) is 0.772. The average Bonchev–Trinajstić information content (AvgIpc) is 2.55. The Morgan fingerprint density at radius 3 is 2.55 bits per heavy atom. The highest BCUT2D eigenvalue weighted by molar-refractivity contribution is 9.10. The monoisotopic (exact) mass is 363 g/mol. The van der Waals surface area contributed by atoms with E-state index in [1.807, 2.05) is 19.1 Å². The van der Waals surface area contributed by atoms with E-state index in [4.69, 9.17) is 9.47 Å². The molecule has 0 unspecified atom stereocenters. The Bertz CT molecular complexity index is 602. The number of nitrogens with one attached hydrogen (secondary N) is 1. The summed E-state index contributed by atoms with van der Waals surface area (Å²) >= 11 is 3.53. The molecule has 0 spiro atoms. The molecular weight excluding hydrogens is 342 g/mol. The Labute approximate surface area is 140 Å². The molecular formula is C18H22BrNO2. The van der Waals surface area contributed by atoms with Gasteiger partial charge in [-0.25, -0.2) is 0 Å². The normalized spacial score (nSPS) is 12.0. The molecule has 4 heteroatoms. The van der Waals surface area contributed by atoms with Gasteiger partial charge in [0.25, 0.3) is 0 Å². The number of rotatable bonds is 7. The standard InChI is InChI=1S/C18H22BrNO2/c1-4-22-18-15(10-16(19)11-17(18)21-3)12-20-13(2)14-8-6-5-7-9-14/h5-11,13,20H,4,12H2,1-3H3/t13-/m1/s1. The highest BCUT2D eigenvalue weighted by Gasteiger charge is 2.13. The summed E-state index contributed by atoms with van der Waals surface area (Å²) in [6, 6.07) is 14.7. The average molecular weight is 364 g/mol. The molecule has 22 heavy (non-hydrogen) atoms. The summed E-state index contributed by atoms with van der Waals surface area (Å²) in [5.74, 6) is 1.56. The second-order valence-corrected chi connectivity index (χ2v) is 5.96. The van der Waals surface area contributed by atoms with E-state index in [9.17, 15) is 0 Å². The van der Waals surface area contributed by atoms with Crippen LogP contribution in [-0.4, -0.2) is 13.7 Å². The van der Waals surface area contributed by atoms with Crippen LogP contribution in [0.15, 0.2) is 46.9 Å². The lowest BCUT2D eigenvalue weighted by molar-refractivity contribution is 0.306. The maximum Gasteiger partial charge on any atom is 0.165 e. The van der Waals surface area contributed by atoms with Gasteiger partial charge >= 0.3 is 0 Å². The highest BCUT2D eigenvalue weighted by atomic mass is 79.9. The van der Waals surface area contributed by atoms with Gasteiger partial charge in [0.1, 0.15) is 0 Å². The van der Waals surface area contributed by atoms with Crippen molar-refractivity contribution in [3.63, 3.8) is 0 Å². The lowest BCUT2D eigenvalue weighted by Gasteiger charge is -2.18. The number of methoxy groups -OCH3 is 1. The lowest BCUT2D eigenvalue weighted by atomic mass is 10.1. The molecule has 2 aromatic rings. The Morgan fingerprint density at radius 1 is 1.18 bits per heavy atom. The molecule has 1 N–H and O–H groups in total. The molecule has 0 saturated carbocycles. The smallest absolute Gasteiger partial charge is 0.165 e. The molecule has 0 amide bonds. The van der Waals surface area contributed by atoms with E-state index >= 15 is 0 Å². The molecule has 0 aliphatic rings. The van der Waals surface area contributed by atoms with Crippen molar-refractivity contribution in [1.82, 2.24) is 5.32 Å². The van der Waals surface area contributed by atoms with Gasteiger partial charge < -0.3 is 14.8 Å². The maximum atomic E-state index is 5.77. The van der Waals surface area contributed by atoms with Crippen LogP contribution in [-0.2, 0) is 6.54 Å². The molecule has 0 radical (unpaired) electrons. The Hall–Kier alpha value is -1.52. The van der Waals surface area contributed by atoms with Gasteiger partial charge in [0, 0.05) is 22.6 Å². The van der Waals surface area contributed by atoms with Gasteiger partial charge in [-0.05, 0) is 31.5 Å². The van der Waals surface area contributed by atoms with Crippen molar-refractivity contribution in [3.05, 3.63) is 58.1 Å². The first-order valence-electron chi connectivity index (χ1n) is 7.43. The van der Waals surface area contributed by atoms with Crippen LogP contribution < -0.4 is 14.8 Å². The third-order valence-corrected chi connectivity index (χ3v) is 3.96. The topological polar surface area (TPSA) is 30.5 Å². The van der Waals surface area contributed by atoms with Gasteiger partial charge in [-0.15, -0.1) is 0 Å². The summed E-state index contributed by atoms with van der Waals surface area (Å²) in [4.78, 5) is 0. The second kappa shape index (κ2) is 8.20. The van der Waals surface area contributed by atoms with Crippen molar-refractivity contribution in [1.29, 1.82) is 0 Å². The van der Waals surface area contributed by atoms with E-state index in [0.29, 0.717) is 13.2 Å². The summed E-state index contributed by atoms with van der Waals surface area (Å²) in [5.41, 5.74) is 2.35. The zero-order chi connectivity index (χ0) is 15.9. The number of halogens is 1. The van der Waals surface area contributed by atoms with Crippen molar-refractivity contribution in [2.75, 3.05) is 13.7 Å². The second-order valence-electron chi connectivity index (χ2n) is 5.04. The SMILES string of the molecule is CCOc1c(CN[C@H](C)c2ccccc2)cc(Br)cc1OC. The minimum Gasteiger partial charge on any atom is -0.493 e. The van der Waals surface area contributed by atoms with E-state index in [0.717, 1.165) is 21.5 Å². The molecule has 118 valence electrons. The van der Waals surface area contributed by atoms with E-state index in [-0.39, 0.29) is 6.04 Å². The molecule has 0 bridgehead atoms. The predicted molar refractivity (Wildman–Crippen MR) is 93.6 cm³/mol. The van der Waals surface area contributed by atoms with Crippen LogP contribution >= 0.6 is 15.9 Å². The third-order valence-electron chi connectivity index (χ3n) is 3.50. The van der Waals surface area contributed by atoms with Crippen molar-refractivity contribution in [3.8, 4) is 11.5 Å². The van der Waals surface area contributed by atoms with Crippen LogP contribution in [0.2, 0.25) is 0 Å². The van der Waals surface area contributed by atoms with E-state index in [1.54, 1.807) is 7.11 Å². The minimum absolute atomic E-state index is 0.264. The zero-order valence-electron chi connectivity index (χ0n) is 13.2.